The average Bonchev–Trinajstić information content (AvgIpc) is 2.44. The Labute approximate surface area is 91.7 Å². The van der Waals surface area contributed by atoms with Crippen LogP contribution in [-0.2, 0) is 6.42 Å². The molecular formula is C9H15BrN2S. The maximum absolute atomic E-state index is 5.45. The van der Waals surface area contributed by atoms with Gasteiger partial charge in [0.05, 0.1) is 14.5 Å². The minimum absolute atomic E-state index is 0.521. The summed E-state index contributed by atoms with van der Waals surface area (Å²) in [6, 6.07) is 0. The van der Waals surface area contributed by atoms with Crippen molar-refractivity contribution in [3.05, 3.63) is 14.5 Å². The van der Waals surface area contributed by atoms with Gasteiger partial charge in [0.15, 0.2) is 0 Å². The number of rotatable bonds is 4. The Hall–Kier alpha value is 0.0700. The van der Waals surface area contributed by atoms with Crippen LogP contribution in [0.4, 0.5) is 0 Å². The number of aromatic nitrogens is 1. The van der Waals surface area contributed by atoms with E-state index in [1.165, 1.54) is 14.5 Å². The number of hydrogen-bond acceptors (Lipinski definition) is 3. The van der Waals surface area contributed by atoms with Gasteiger partial charge in [0.1, 0.15) is 0 Å². The average molecular weight is 263 g/mol. The van der Waals surface area contributed by atoms with Crippen molar-refractivity contribution >= 4 is 27.3 Å². The van der Waals surface area contributed by atoms with Crippen LogP contribution in [-0.4, -0.2) is 11.5 Å². The lowest BCUT2D eigenvalue weighted by molar-refractivity contribution is 0.790. The molecule has 0 fully saturated rings. The first-order chi connectivity index (χ1) is 6.15. The number of halogens is 1. The van der Waals surface area contributed by atoms with E-state index in [4.69, 9.17) is 5.73 Å². The number of nitrogens with two attached hydrogens (primary N) is 1. The van der Waals surface area contributed by atoms with Crippen LogP contribution >= 0.6 is 27.3 Å². The number of nitrogens with zero attached hydrogens (tertiary/aromatic N) is 1. The van der Waals surface area contributed by atoms with E-state index in [1.807, 2.05) is 0 Å². The largest absolute Gasteiger partial charge is 0.330 e. The van der Waals surface area contributed by atoms with E-state index in [9.17, 15) is 0 Å². The highest BCUT2D eigenvalue weighted by Crippen LogP contribution is 2.29. The summed E-state index contributed by atoms with van der Waals surface area (Å²) in [5.74, 6) is 0.521. The van der Waals surface area contributed by atoms with Gasteiger partial charge in [-0.25, -0.2) is 4.98 Å². The van der Waals surface area contributed by atoms with Crippen LogP contribution in [0.1, 0.15) is 36.9 Å². The number of aryl methyl sites for hydroxylation is 1. The maximum Gasteiger partial charge on any atom is 0.0965 e. The first kappa shape index (κ1) is 11.1. The highest BCUT2D eigenvalue weighted by Gasteiger charge is 2.10. The molecule has 0 spiro atoms. The molecule has 0 aliphatic rings. The van der Waals surface area contributed by atoms with Crippen LogP contribution in [0.5, 0.6) is 0 Å². The molecule has 1 aromatic rings. The second-order valence-electron chi connectivity index (χ2n) is 3.32. The summed E-state index contributed by atoms with van der Waals surface area (Å²) < 4.78 is 1.17. The van der Waals surface area contributed by atoms with Crippen LogP contribution < -0.4 is 5.73 Å². The molecule has 0 atom stereocenters. The SMILES string of the molecule is CC(C)c1nc(CCCN)c(Br)s1. The van der Waals surface area contributed by atoms with Crippen molar-refractivity contribution in [2.45, 2.75) is 32.6 Å². The van der Waals surface area contributed by atoms with E-state index < -0.39 is 0 Å². The van der Waals surface area contributed by atoms with Gasteiger partial charge in [-0.05, 0) is 35.3 Å². The Balaban J connectivity index is 2.71. The van der Waals surface area contributed by atoms with Crippen molar-refractivity contribution in [1.29, 1.82) is 0 Å². The predicted octanol–water partition coefficient (Wildman–Crippen LogP) is 2.92. The summed E-state index contributed by atoms with van der Waals surface area (Å²) in [4.78, 5) is 4.56. The Morgan fingerprint density at radius 1 is 1.54 bits per heavy atom. The molecule has 74 valence electrons. The van der Waals surface area contributed by atoms with E-state index in [1.54, 1.807) is 11.3 Å². The molecule has 1 aromatic heterocycles. The highest BCUT2D eigenvalue weighted by atomic mass is 79.9. The third-order valence-corrected chi connectivity index (χ3v) is 3.91. The third kappa shape index (κ3) is 3.04. The van der Waals surface area contributed by atoms with Gasteiger partial charge in [-0.2, -0.15) is 0 Å². The second-order valence-corrected chi connectivity index (χ2v) is 5.67. The van der Waals surface area contributed by atoms with Crippen molar-refractivity contribution in [2.24, 2.45) is 5.73 Å². The van der Waals surface area contributed by atoms with Gasteiger partial charge in [0, 0.05) is 5.92 Å². The monoisotopic (exact) mass is 262 g/mol. The summed E-state index contributed by atoms with van der Waals surface area (Å²) in [5, 5.41) is 1.21. The smallest absolute Gasteiger partial charge is 0.0965 e. The zero-order valence-corrected chi connectivity index (χ0v) is 10.4. The highest BCUT2D eigenvalue weighted by molar-refractivity contribution is 9.11. The number of hydrogen-bond donors (Lipinski definition) is 1. The predicted molar refractivity (Wildman–Crippen MR) is 61.3 cm³/mol. The van der Waals surface area contributed by atoms with Crippen molar-refractivity contribution in [2.75, 3.05) is 6.54 Å². The minimum atomic E-state index is 0.521. The Morgan fingerprint density at radius 3 is 2.69 bits per heavy atom. The minimum Gasteiger partial charge on any atom is -0.330 e. The summed E-state index contributed by atoms with van der Waals surface area (Å²) in [6.45, 7) is 5.07. The molecule has 0 bridgehead atoms. The van der Waals surface area contributed by atoms with Crippen LogP contribution in [0.25, 0.3) is 0 Å². The van der Waals surface area contributed by atoms with Gasteiger partial charge in [-0.1, -0.05) is 13.8 Å². The van der Waals surface area contributed by atoms with Gasteiger partial charge < -0.3 is 5.73 Å². The van der Waals surface area contributed by atoms with E-state index in [0.717, 1.165) is 19.4 Å². The Kier molecular flexibility index (Phi) is 4.35. The van der Waals surface area contributed by atoms with E-state index >= 15 is 0 Å². The van der Waals surface area contributed by atoms with Crippen molar-refractivity contribution in [3.8, 4) is 0 Å². The molecule has 0 saturated heterocycles. The van der Waals surface area contributed by atoms with Gasteiger partial charge in [0.25, 0.3) is 0 Å². The molecule has 1 heterocycles. The van der Waals surface area contributed by atoms with Crippen molar-refractivity contribution in [3.63, 3.8) is 0 Å². The third-order valence-electron chi connectivity index (χ3n) is 1.78. The topological polar surface area (TPSA) is 38.9 Å². The first-order valence-electron chi connectivity index (χ1n) is 4.50. The molecule has 1 rings (SSSR count). The molecule has 2 N–H and O–H groups in total. The quantitative estimate of drug-likeness (QED) is 0.907. The molecule has 0 saturated carbocycles. The standard InChI is InChI=1S/C9H15BrN2S/c1-6(2)9-12-7(4-3-5-11)8(10)13-9/h6H,3-5,11H2,1-2H3. The Morgan fingerprint density at radius 2 is 2.23 bits per heavy atom. The molecular weight excluding hydrogens is 248 g/mol. The lowest BCUT2D eigenvalue weighted by Gasteiger charge is -1.96. The molecule has 13 heavy (non-hydrogen) atoms. The first-order valence-corrected chi connectivity index (χ1v) is 6.11. The molecule has 0 aliphatic carbocycles. The molecule has 0 unspecified atom stereocenters. The molecule has 2 nitrogen and oxygen atoms in total. The lowest BCUT2D eigenvalue weighted by Crippen LogP contribution is -2.01. The molecule has 0 amide bonds. The second kappa shape index (κ2) is 5.08. The number of thiazole rings is 1. The fourth-order valence-corrected chi connectivity index (χ4v) is 2.65. The van der Waals surface area contributed by atoms with Gasteiger partial charge in [0.2, 0.25) is 0 Å². The van der Waals surface area contributed by atoms with Crippen LogP contribution in [0.15, 0.2) is 3.79 Å². The molecule has 0 radical (unpaired) electrons. The van der Waals surface area contributed by atoms with Crippen molar-refractivity contribution < 1.29 is 0 Å². The van der Waals surface area contributed by atoms with Crippen LogP contribution in [0.2, 0.25) is 0 Å². The van der Waals surface area contributed by atoms with Crippen molar-refractivity contribution in [1.82, 2.24) is 4.98 Å². The van der Waals surface area contributed by atoms with E-state index in [2.05, 4.69) is 34.8 Å². The maximum atomic E-state index is 5.45. The Bertz CT molecular complexity index is 271. The van der Waals surface area contributed by atoms with E-state index in [-0.39, 0.29) is 0 Å². The summed E-state index contributed by atoms with van der Waals surface area (Å²) in [5.41, 5.74) is 6.62. The fraction of sp³-hybridized carbons (Fsp3) is 0.667. The molecule has 4 heteroatoms. The van der Waals surface area contributed by atoms with E-state index in [0.29, 0.717) is 5.92 Å². The zero-order chi connectivity index (χ0) is 9.84. The van der Waals surface area contributed by atoms with Crippen LogP contribution in [0, 0.1) is 0 Å². The van der Waals surface area contributed by atoms with Gasteiger partial charge in [-0.15, -0.1) is 11.3 Å². The van der Waals surface area contributed by atoms with Gasteiger partial charge >= 0.3 is 0 Å². The summed E-state index contributed by atoms with van der Waals surface area (Å²) >= 11 is 5.27. The zero-order valence-electron chi connectivity index (χ0n) is 8.01. The summed E-state index contributed by atoms with van der Waals surface area (Å²) in [6.07, 6.45) is 2.00. The molecule has 0 aliphatic heterocycles. The lowest BCUT2D eigenvalue weighted by atomic mass is 10.2. The molecule has 0 aromatic carbocycles. The normalized spacial score (nSPS) is 11.2. The summed E-state index contributed by atoms with van der Waals surface area (Å²) in [7, 11) is 0. The van der Waals surface area contributed by atoms with Crippen LogP contribution in [0.3, 0.4) is 0 Å². The fourth-order valence-electron chi connectivity index (χ4n) is 1.02. The van der Waals surface area contributed by atoms with Gasteiger partial charge in [-0.3, -0.25) is 0 Å².